The molecule has 0 saturated heterocycles. The third-order valence-corrected chi connectivity index (χ3v) is 3.64. The van der Waals surface area contributed by atoms with Crippen molar-refractivity contribution in [3.8, 4) is 0 Å². The lowest BCUT2D eigenvalue weighted by Crippen LogP contribution is -2.30. The average Bonchev–Trinajstić information content (AvgIpc) is 3.04. The van der Waals surface area contributed by atoms with E-state index in [9.17, 15) is 9.59 Å². The summed E-state index contributed by atoms with van der Waals surface area (Å²) < 4.78 is 5.12. The van der Waals surface area contributed by atoms with Crippen LogP contribution in [0.5, 0.6) is 0 Å². The maximum Gasteiger partial charge on any atom is 0.309 e. The Morgan fingerprint density at radius 3 is 2.35 bits per heavy atom. The molecule has 0 spiro atoms. The number of hydrogen-bond acceptors (Lipinski definition) is 3. The zero-order chi connectivity index (χ0) is 14.9. The number of carbonyl (C=O) groups is 2. The maximum absolute atomic E-state index is 11.9. The van der Waals surface area contributed by atoms with E-state index in [-0.39, 0.29) is 11.9 Å². The van der Waals surface area contributed by atoms with E-state index in [0.717, 1.165) is 6.42 Å². The maximum atomic E-state index is 11.9. The van der Waals surface area contributed by atoms with Crippen LogP contribution in [-0.4, -0.2) is 18.0 Å². The summed E-state index contributed by atoms with van der Waals surface area (Å²) in [5.41, 5.74) is 0.468. The first-order valence-corrected chi connectivity index (χ1v) is 7.10. The largest absolute Gasteiger partial charge is 0.452 e. The molecule has 1 fully saturated rings. The summed E-state index contributed by atoms with van der Waals surface area (Å²) in [5.74, 6) is -0.440. The van der Waals surface area contributed by atoms with Crippen molar-refractivity contribution in [3.05, 3.63) is 28.2 Å². The van der Waals surface area contributed by atoms with Crippen molar-refractivity contribution in [1.29, 1.82) is 0 Å². The second kappa shape index (κ2) is 6.02. The van der Waals surface area contributed by atoms with Gasteiger partial charge in [0.1, 0.15) is 0 Å². The van der Waals surface area contributed by atoms with Crippen molar-refractivity contribution >= 4 is 40.8 Å². The van der Waals surface area contributed by atoms with Gasteiger partial charge in [0.05, 0.1) is 5.92 Å². The molecule has 0 aliphatic heterocycles. The van der Waals surface area contributed by atoms with Gasteiger partial charge in [-0.15, -0.1) is 0 Å². The molecule has 4 nitrogen and oxygen atoms in total. The average molecular weight is 316 g/mol. The zero-order valence-electron chi connectivity index (χ0n) is 11.2. The standard InChI is InChI=1S/C14H15Cl2NO3/c1-7-3-12(7)14(19)20-8(2)13(18)17-11-5-9(15)4-10(16)6-11/h4-8,12H,3H2,1-2H3,(H,17,18)/t7-,8-,12+/m0/s1. The van der Waals surface area contributed by atoms with Gasteiger partial charge in [-0.1, -0.05) is 30.1 Å². The summed E-state index contributed by atoms with van der Waals surface area (Å²) in [6.45, 7) is 3.51. The topological polar surface area (TPSA) is 55.4 Å². The van der Waals surface area contributed by atoms with Crippen molar-refractivity contribution in [3.63, 3.8) is 0 Å². The third-order valence-electron chi connectivity index (χ3n) is 3.20. The summed E-state index contributed by atoms with van der Waals surface area (Å²) in [5, 5.41) is 3.46. The predicted molar refractivity (Wildman–Crippen MR) is 77.9 cm³/mol. The Kier molecular flexibility index (Phi) is 4.55. The number of benzene rings is 1. The minimum Gasteiger partial charge on any atom is -0.452 e. The van der Waals surface area contributed by atoms with Crippen molar-refractivity contribution in [2.24, 2.45) is 11.8 Å². The van der Waals surface area contributed by atoms with Crippen LogP contribution < -0.4 is 5.32 Å². The molecule has 0 heterocycles. The second-order valence-electron chi connectivity index (χ2n) is 5.05. The van der Waals surface area contributed by atoms with Crippen LogP contribution in [0, 0.1) is 11.8 Å². The quantitative estimate of drug-likeness (QED) is 0.865. The van der Waals surface area contributed by atoms with E-state index in [1.165, 1.54) is 6.92 Å². The number of anilines is 1. The normalized spacial score (nSPS) is 22.0. The number of halogens is 2. The van der Waals surface area contributed by atoms with Gasteiger partial charge in [-0.05, 0) is 37.5 Å². The van der Waals surface area contributed by atoms with Crippen molar-refractivity contribution in [2.45, 2.75) is 26.4 Å². The van der Waals surface area contributed by atoms with E-state index in [2.05, 4.69) is 5.32 Å². The smallest absolute Gasteiger partial charge is 0.309 e. The van der Waals surface area contributed by atoms with Crippen LogP contribution >= 0.6 is 23.2 Å². The first-order chi connectivity index (χ1) is 9.36. The van der Waals surface area contributed by atoms with E-state index in [0.29, 0.717) is 21.7 Å². The van der Waals surface area contributed by atoms with Gasteiger partial charge in [0, 0.05) is 15.7 Å². The number of hydrogen-bond donors (Lipinski definition) is 1. The number of ether oxygens (including phenoxy) is 1. The van der Waals surface area contributed by atoms with Crippen LogP contribution in [0.25, 0.3) is 0 Å². The number of esters is 1. The van der Waals surface area contributed by atoms with Gasteiger partial charge in [0.2, 0.25) is 0 Å². The molecule has 108 valence electrons. The lowest BCUT2D eigenvalue weighted by Gasteiger charge is -2.13. The van der Waals surface area contributed by atoms with Crippen LogP contribution in [0.4, 0.5) is 5.69 Å². The van der Waals surface area contributed by atoms with Gasteiger partial charge >= 0.3 is 5.97 Å². The Bertz CT molecular complexity index is 527. The molecular weight excluding hydrogens is 301 g/mol. The van der Waals surface area contributed by atoms with Gasteiger partial charge < -0.3 is 10.1 Å². The monoisotopic (exact) mass is 315 g/mol. The second-order valence-corrected chi connectivity index (χ2v) is 5.92. The number of nitrogens with one attached hydrogen (secondary N) is 1. The van der Waals surface area contributed by atoms with Gasteiger partial charge in [0.15, 0.2) is 6.10 Å². The predicted octanol–water partition coefficient (Wildman–Crippen LogP) is 3.52. The van der Waals surface area contributed by atoms with E-state index < -0.39 is 12.0 Å². The highest BCUT2D eigenvalue weighted by Gasteiger charge is 2.41. The molecule has 0 unspecified atom stereocenters. The van der Waals surface area contributed by atoms with Crippen molar-refractivity contribution in [1.82, 2.24) is 0 Å². The highest BCUT2D eigenvalue weighted by atomic mass is 35.5. The Labute approximate surface area is 127 Å². The lowest BCUT2D eigenvalue weighted by molar-refractivity contribution is -0.154. The van der Waals surface area contributed by atoms with Gasteiger partial charge in [-0.25, -0.2) is 0 Å². The fourth-order valence-electron chi connectivity index (χ4n) is 1.84. The van der Waals surface area contributed by atoms with Crippen LogP contribution in [0.3, 0.4) is 0 Å². The Morgan fingerprint density at radius 1 is 1.30 bits per heavy atom. The number of carbonyl (C=O) groups excluding carboxylic acids is 2. The lowest BCUT2D eigenvalue weighted by atomic mass is 10.3. The van der Waals surface area contributed by atoms with E-state index in [4.69, 9.17) is 27.9 Å². The molecule has 1 aromatic carbocycles. The van der Waals surface area contributed by atoms with Gasteiger partial charge in [-0.3, -0.25) is 9.59 Å². The zero-order valence-corrected chi connectivity index (χ0v) is 12.7. The third kappa shape index (κ3) is 3.87. The van der Waals surface area contributed by atoms with Crippen LogP contribution in [0.1, 0.15) is 20.3 Å². The van der Waals surface area contributed by atoms with E-state index in [1.54, 1.807) is 18.2 Å². The van der Waals surface area contributed by atoms with Crippen molar-refractivity contribution < 1.29 is 14.3 Å². The van der Waals surface area contributed by atoms with Crippen LogP contribution in [-0.2, 0) is 14.3 Å². The Morgan fingerprint density at radius 2 is 1.85 bits per heavy atom. The van der Waals surface area contributed by atoms with Crippen molar-refractivity contribution in [2.75, 3.05) is 5.32 Å². The molecule has 1 aliphatic rings. The fourth-order valence-corrected chi connectivity index (χ4v) is 2.36. The molecule has 1 aliphatic carbocycles. The molecule has 3 atom stereocenters. The highest BCUT2D eigenvalue weighted by Crippen LogP contribution is 2.38. The molecule has 0 bridgehead atoms. The molecular formula is C14H15Cl2NO3. The molecule has 1 N–H and O–H groups in total. The summed E-state index contributed by atoms with van der Waals surface area (Å²) in [4.78, 5) is 23.6. The van der Waals surface area contributed by atoms with E-state index >= 15 is 0 Å². The highest BCUT2D eigenvalue weighted by molar-refractivity contribution is 6.35. The Hall–Kier alpha value is -1.26. The molecule has 0 radical (unpaired) electrons. The molecule has 1 amide bonds. The molecule has 2 rings (SSSR count). The molecule has 1 saturated carbocycles. The first kappa shape index (κ1) is 15.1. The SMILES string of the molecule is C[C@H](OC(=O)[C@@H]1C[C@@H]1C)C(=O)Nc1cc(Cl)cc(Cl)c1. The summed E-state index contributed by atoms with van der Waals surface area (Å²) in [7, 11) is 0. The molecule has 6 heteroatoms. The molecule has 20 heavy (non-hydrogen) atoms. The van der Waals surface area contributed by atoms with E-state index in [1.807, 2.05) is 6.92 Å². The van der Waals surface area contributed by atoms with Gasteiger partial charge in [-0.2, -0.15) is 0 Å². The first-order valence-electron chi connectivity index (χ1n) is 6.34. The summed E-state index contributed by atoms with van der Waals surface area (Å²) in [6.07, 6.45) is -0.0232. The number of rotatable bonds is 4. The van der Waals surface area contributed by atoms with Gasteiger partial charge in [0.25, 0.3) is 5.91 Å². The molecule has 1 aromatic rings. The van der Waals surface area contributed by atoms with Crippen LogP contribution in [0.15, 0.2) is 18.2 Å². The minimum atomic E-state index is -0.854. The minimum absolute atomic E-state index is 0.0640. The number of amides is 1. The fraction of sp³-hybridized carbons (Fsp3) is 0.429. The Balaban J connectivity index is 1.91. The van der Waals surface area contributed by atoms with Crippen LogP contribution in [0.2, 0.25) is 10.0 Å². The molecule has 0 aromatic heterocycles. The summed E-state index contributed by atoms with van der Waals surface area (Å²) in [6, 6.07) is 4.71. The summed E-state index contributed by atoms with van der Waals surface area (Å²) >= 11 is 11.7.